The van der Waals surface area contributed by atoms with E-state index in [1.54, 1.807) is 10.9 Å². The predicted octanol–water partition coefficient (Wildman–Crippen LogP) is 3.31. The van der Waals surface area contributed by atoms with Gasteiger partial charge in [-0.1, -0.05) is 28.1 Å². The number of hydrogen-bond acceptors (Lipinski definition) is 7. The van der Waals surface area contributed by atoms with Gasteiger partial charge in [0.2, 0.25) is 5.28 Å². The van der Waals surface area contributed by atoms with Gasteiger partial charge < -0.3 is 15.5 Å². The summed E-state index contributed by atoms with van der Waals surface area (Å²) in [5.41, 5.74) is 3.68. The van der Waals surface area contributed by atoms with E-state index >= 15 is 0 Å². The first-order valence-electron chi connectivity index (χ1n) is 8.94. The largest absolute Gasteiger partial charge is 0.389 e. The van der Waals surface area contributed by atoms with Crippen LogP contribution in [0.1, 0.15) is 29.0 Å². The first kappa shape index (κ1) is 18.6. The highest BCUT2D eigenvalue weighted by Gasteiger charge is 2.37. The lowest BCUT2D eigenvalue weighted by molar-refractivity contribution is 0.0313. The molecule has 2 aromatic heterocycles. The molecule has 1 aliphatic heterocycles. The van der Waals surface area contributed by atoms with Gasteiger partial charge in [-0.25, -0.2) is 4.98 Å². The summed E-state index contributed by atoms with van der Waals surface area (Å²) in [5, 5.41) is 23.4. The lowest BCUT2D eigenvalue weighted by Crippen LogP contribution is -2.27. The maximum absolute atomic E-state index is 10.3. The molecule has 0 spiro atoms. The summed E-state index contributed by atoms with van der Waals surface area (Å²) in [7, 11) is 0. The van der Waals surface area contributed by atoms with Crippen molar-refractivity contribution in [1.82, 2.24) is 19.5 Å². The minimum absolute atomic E-state index is 0.0955. The van der Waals surface area contributed by atoms with Crippen LogP contribution in [0.4, 0.5) is 5.82 Å². The van der Waals surface area contributed by atoms with Crippen LogP contribution in [-0.2, 0) is 6.42 Å². The molecule has 146 valence electrons. The molecule has 1 fully saturated rings. The summed E-state index contributed by atoms with van der Waals surface area (Å²) >= 11 is 11.3. The Morgan fingerprint density at radius 2 is 2.14 bits per heavy atom. The Bertz CT molecular complexity index is 1060. The van der Waals surface area contributed by atoms with Crippen molar-refractivity contribution in [1.29, 1.82) is 0 Å². The molecule has 28 heavy (non-hydrogen) atoms. The average Bonchev–Trinajstić information content (AvgIpc) is 3.35. The number of halogens is 2. The Labute approximate surface area is 178 Å². The summed E-state index contributed by atoms with van der Waals surface area (Å²) < 4.78 is 2.83. The number of nitrogens with zero attached hydrogens (tertiary/aromatic N) is 4. The van der Waals surface area contributed by atoms with Gasteiger partial charge >= 0.3 is 0 Å². The number of anilines is 1. The highest BCUT2D eigenvalue weighted by Crippen LogP contribution is 2.41. The van der Waals surface area contributed by atoms with Crippen LogP contribution in [0.5, 0.6) is 0 Å². The van der Waals surface area contributed by atoms with Crippen molar-refractivity contribution in [3.63, 3.8) is 0 Å². The molecule has 3 N–H and O–H groups in total. The van der Waals surface area contributed by atoms with Crippen LogP contribution in [0.3, 0.4) is 0 Å². The number of aliphatic hydroxyl groups excluding tert-OH is 2. The second-order valence-corrected chi connectivity index (χ2v) is 9.34. The lowest BCUT2D eigenvalue weighted by Gasteiger charge is -2.18. The highest BCUT2D eigenvalue weighted by atomic mass is 79.9. The molecule has 3 heterocycles. The first-order valence-corrected chi connectivity index (χ1v) is 11.2. The van der Waals surface area contributed by atoms with E-state index in [4.69, 9.17) is 11.6 Å². The molecule has 0 radical (unpaired) electrons. The molecule has 2 aliphatic rings. The Balaban J connectivity index is 1.54. The van der Waals surface area contributed by atoms with E-state index in [-0.39, 0.29) is 16.7 Å². The molecule has 1 aliphatic carbocycles. The predicted molar refractivity (Wildman–Crippen MR) is 113 cm³/mol. The maximum Gasteiger partial charge on any atom is 0.226 e. The van der Waals surface area contributed by atoms with Gasteiger partial charge in [0.25, 0.3) is 0 Å². The monoisotopic (exact) mass is 481 g/mol. The smallest absolute Gasteiger partial charge is 0.226 e. The van der Waals surface area contributed by atoms with E-state index in [1.165, 1.54) is 22.9 Å². The van der Waals surface area contributed by atoms with Crippen LogP contribution in [0.15, 0.2) is 29.0 Å². The van der Waals surface area contributed by atoms with Crippen LogP contribution in [0.2, 0.25) is 5.28 Å². The van der Waals surface area contributed by atoms with Crippen LogP contribution < -0.4 is 5.32 Å². The molecule has 0 amide bonds. The third-order valence-corrected chi connectivity index (χ3v) is 7.54. The molecule has 0 unspecified atom stereocenters. The molecule has 1 aromatic carbocycles. The number of fused-ring (bicyclic) bond motifs is 2. The van der Waals surface area contributed by atoms with E-state index in [1.807, 2.05) is 12.1 Å². The van der Waals surface area contributed by atoms with Gasteiger partial charge in [0.1, 0.15) is 11.5 Å². The van der Waals surface area contributed by atoms with Gasteiger partial charge in [-0.3, -0.25) is 4.57 Å². The SMILES string of the molecule is O[C@@H]1[C@H](O)CS[C@H]1n1cnc2c(N[C@@H]3CCc4cccc(Br)c43)nc(Cl)nc21. The summed E-state index contributed by atoms with van der Waals surface area (Å²) in [5.74, 6) is 1.03. The molecule has 1 saturated heterocycles. The third kappa shape index (κ3) is 3.00. The van der Waals surface area contributed by atoms with Crippen molar-refractivity contribution in [2.24, 2.45) is 0 Å². The number of nitrogens with one attached hydrogen (secondary N) is 1. The van der Waals surface area contributed by atoms with Gasteiger partial charge in [-0.05, 0) is 41.6 Å². The number of imidazole rings is 1. The summed E-state index contributed by atoms with van der Waals surface area (Å²) in [4.78, 5) is 13.2. The fraction of sp³-hybridized carbons (Fsp3) is 0.389. The summed E-state index contributed by atoms with van der Waals surface area (Å²) in [6, 6.07) is 6.33. The molecule has 5 rings (SSSR count). The van der Waals surface area contributed by atoms with Crippen LogP contribution >= 0.6 is 39.3 Å². The maximum atomic E-state index is 10.3. The minimum atomic E-state index is -0.884. The number of aromatic nitrogens is 4. The fourth-order valence-electron chi connectivity index (χ4n) is 3.95. The Morgan fingerprint density at radius 1 is 1.29 bits per heavy atom. The quantitative estimate of drug-likeness (QED) is 0.493. The van der Waals surface area contributed by atoms with Gasteiger partial charge in [0, 0.05) is 10.2 Å². The van der Waals surface area contributed by atoms with Crippen molar-refractivity contribution in [2.45, 2.75) is 36.5 Å². The Kier molecular flexibility index (Phi) is 4.75. The van der Waals surface area contributed by atoms with Crippen LogP contribution in [0.25, 0.3) is 11.2 Å². The molecule has 7 nitrogen and oxygen atoms in total. The molecule has 10 heteroatoms. The zero-order valence-electron chi connectivity index (χ0n) is 14.6. The Hall–Kier alpha value is -1.39. The third-order valence-electron chi connectivity index (χ3n) is 5.30. The molecule has 4 atom stereocenters. The van der Waals surface area contributed by atoms with Crippen LogP contribution in [-0.4, -0.2) is 47.7 Å². The number of hydrogen-bond donors (Lipinski definition) is 3. The van der Waals surface area contributed by atoms with Gasteiger partial charge in [0.15, 0.2) is 17.0 Å². The molecule has 3 aromatic rings. The van der Waals surface area contributed by atoms with E-state index < -0.39 is 12.2 Å². The van der Waals surface area contributed by atoms with E-state index in [2.05, 4.69) is 42.3 Å². The van der Waals surface area contributed by atoms with Gasteiger partial charge in [0.05, 0.1) is 18.5 Å². The Morgan fingerprint density at radius 3 is 2.93 bits per heavy atom. The van der Waals surface area contributed by atoms with E-state index in [0.29, 0.717) is 22.7 Å². The lowest BCUT2D eigenvalue weighted by atomic mass is 10.1. The normalized spacial score (nSPS) is 26.7. The zero-order chi connectivity index (χ0) is 19.4. The van der Waals surface area contributed by atoms with E-state index in [0.717, 1.165) is 17.3 Å². The van der Waals surface area contributed by atoms with Crippen molar-refractivity contribution < 1.29 is 10.2 Å². The fourth-order valence-corrected chi connectivity index (χ4v) is 6.08. The van der Waals surface area contributed by atoms with Crippen LogP contribution in [0, 0.1) is 0 Å². The van der Waals surface area contributed by atoms with Gasteiger partial charge in [-0.15, -0.1) is 11.8 Å². The first-order chi connectivity index (χ1) is 13.5. The van der Waals surface area contributed by atoms with Gasteiger partial charge in [-0.2, -0.15) is 9.97 Å². The number of benzene rings is 1. The molecular weight excluding hydrogens is 466 g/mol. The topological polar surface area (TPSA) is 96.1 Å². The number of rotatable bonds is 3. The number of aliphatic hydroxyl groups is 2. The summed E-state index contributed by atoms with van der Waals surface area (Å²) in [6.45, 7) is 0. The van der Waals surface area contributed by atoms with Crippen molar-refractivity contribution in [3.8, 4) is 0 Å². The minimum Gasteiger partial charge on any atom is -0.389 e. The zero-order valence-corrected chi connectivity index (χ0v) is 17.7. The van der Waals surface area contributed by atoms with Crippen molar-refractivity contribution in [3.05, 3.63) is 45.4 Å². The number of aryl methyl sites for hydroxylation is 1. The number of thioether (sulfide) groups is 1. The summed E-state index contributed by atoms with van der Waals surface area (Å²) in [6.07, 6.45) is 1.91. The highest BCUT2D eigenvalue weighted by molar-refractivity contribution is 9.10. The van der Waals surface area contributed by atoms with Crippen molar-refractivity contribution in [2.75, 3.05) is 11.1 Å². The van der Waals surface area contributed by atoms with Crippen molar-refractivity contribution >= 4 is 56.3 Å². The standard InChI is InChI=1S/C18H17BrClN5O2S/c19-9-3-1-2-8-4-5-10(12(8)9)22-15-13-16(24-18(20)23-15)25(7-21-13)17-14(27)11(26)6-28-17/h1-3,7,10-11,14,17,26-27H,4-6H2,(H,22,23,24)/t10-,11-,14-,17-/m1/s1. The molecule has 0 bridgehead atoms. The second kappa shape index (κ2) is 7.14. The second-order valence-electron chi connectivity index (χ2n) is 7.00. The molecule has 0 saturated carbocycles. The van der Waals surface area contributed by atoms with E-state index in [9.17, 15) is 10.2 Å². The average molecular weight is 483 g/mol. The molecular formula is C18H17BrClN5O2S.